The zero-order valence-electron chi connectivity index (χ0n) is 11.5. The number of benzene rings is 1. The van der Waals surface area contributed by atoms with E-state index in [-0.39, 0.29) is 17.3 Å². The van der Waals surface area contributed by atoms with E-state index in [1.807, 2.05) is 18.0 Å². The molecule has 0 saturated heterocycles. The summed E-state index contributed by atoms with van der Waals surface area (Å²) < 4.78 is 0. The molecule has 2 unspecified atom stereocenters. The van der Waals surface area contributed by atoms with Gasteiger partial charge in [0.25, 0.3) is 0 Å². The molecule has 2 N–H and O–H groups in total. The van der Waals surface area contributed by atoms with E-state index in [1.54, 1.807) is 12.1 Å². The van der Waals surface area contributed by atoms with Crippen LogP contribution in [0, 0.1) is 27.4 Å². The van der Waals surface area contributed by atoms with Crippen molar-refractivity contribution in [2.45, 2.75) is 25.3 Å². The molecule has 1 aromatic rings. The number of nitrogens with zero attached hydrogens (tertiary/aromatic N) is 3. The molecule has 0 bridgehead atoms. The van der Waals surface area contributed by atoms with E-state index in [4.69, 9.17) is 11.0 Å². The summed E-state index contributed by atoms with van der Waals surface area (Å²) in [5.41, 5.74) is 6.27. The summed E-state index contributed by atoms with van der Waals surface area (Å²) in [6.45, 7) is 0.584. The van der Waals surface area contributed by atoms with E-state index in [2.05, 4.69) is 0 Å². The monoisotopic (exact) mass is 274 g/mol. The lowest BCUT2D eigenvalue weighted by atomic mass is 10.0. The van der Waals surface area contributed by atoms with Gasteiger partial charge in [0.2, 0.25) is 0 Å². The van der Waals surface area contributed by atoms with Gasteiger partial charge in [-0.2, -0.15) is 5.26 Å². The maximum absolute atomic E-state index is 11.3. The number of nitriles is 1. The molecule has 106 valence electrons. The summed E-state index contributed by atoms with van der Waals surface area (Å²) in [7, 11) is 1.85. The Morgan fingerprint density at radius 2 is 2.30 bits per heavy atom. The van der Waals surface area contributed by atoms with Gasteiger partial charge in [0, 0.05) is 13.1 Å². The van der Waals surface area contributed by atoms with Crippen LogP contribution in [0.4, 0.5) is 11.4 Å². The zero-order valence-corrected chi connectivity index (χ0v) is 11.5. The number of hydrogen-bond donors (Lipinski definition) is 1. The summed E-state index contributed by atoms with van der Waals surface area (Å²) >= 11 is 0. The molecule has 1 saturated carbocycles. The molecule has 0 heterocycles. The van der Waals surface area contributed by atoms with Crippen molar-refractivity contribution in [2.75, 3.05) is 18.5 Å². The van der Waals surface area contributed by atoms with Crippen LogP contribution in [0.1, 0.15) is 24.8 Å². The Bertz CT molecular complexity index is 553. The minimum atomic E-state index is -0.475. The van der Waals surface area contributed by atoms with Gasteiger partial charge in [-0.3, -0.25) is 10.1 Å². The van der Waals surface area contributed by atoms with Crippen molar-refractivity contribution in [3.05, 3.63) is 33.9 Å². The van der Waals surface area contributed by atoms with Gasteiger partial charge < -0.3 is 10.6 Å². The van der Waals surface area contributed by atoms with Gasteiger partial charge in [-0.25, -0.2) is 0 Å². The predicted molar refractivity (Wildman–Crippen MR) is 76.4 cm³/mol. The first kappa shape index (κ1) is 14.3. The molecule has 0 aliphatic heterocycles. The summed E-state index contributed by atoms with van der Waals surface area (Å²) in [5.74, 6) is 0.352. The van der Waals surface area contributed by atoms with Crippen LogP contribution in [0.15, 0.2) is 18.2 Å². The number of rotatable bonds is 4. The largest absolute Gasteiger partial charge is 0.366 e. The number of para-hydroxylation sites is 1. The number of nitro groups is 1. The van der Waals surface area contributed by atoms with Gasteiger partial charge in [0.15, 0.2) is 0 Å². The van der Waals surface area contributed by atoms with Gasteiger partial charge in [0.1, 0.15) is 17.3 Å². The van der Waals surface area contributed by atoms with Crippen LogP contribution in [-0.2, 0) is 0 Å². The third kappa shape index (κ3) is 2.45. The van der Waals surface area contributed by atoms with Crippen molar-refractivity contribution in [2.24, 2.45) is 11.7 Å². The Morgan fingerprint density at radius 3 is 2.90 bits per heavy atom. The van der Waals surface area contributed by atoms with E-state index in [0.717, 1.165) is 19.3 Å². The van der Waals surface area contributed by atoms with E-state index >= 15 is 0 Å². The van der Waals surface area contributed by atoms with Crippen LogP contribution in [-0.4, -0.2) is 24.6 Å². The highest BCUT2D eigenvalue weighted by molar-refractivity contribution is 5.70. The van der Waals surface area contributed by atoms with Crippen LogP contribution >= 0.6 is 0 Å². The molecule has 1 aliphatic carbocycles. The summed E-state index contributed by atoms with van der Waals surface area (Å²) in [4.78, 5) is 12.7. The van der Waals surface area contributed by atoms with Crippen LogP contribution in [0.25, 0.3) is 0 Å². The summed E-state index contributed by atoms with van der Waals surface area (Å²) in [6, 6.07) is 6.96. The molecular formula is C14H18N4O2. The Balaban J connectivity index is 2.42. The Kier molecular flexibility index (Phi) is 4.20. The lowest BCUT2D eigenvalue weighted by Crippen LogP contribution is -2.38. The van der Waals surface area contributed by atoms with E-state index in [0.29, 0.717) is 18.2 Å². The summed E-state index contributed by atoms with van der Waals surface area (Å²) in [6.07, 6.45) is 3.12. The molecule has 20 heavy (non-hydrogen) atoms. The number of nitrogens with two attached hydrogens (primary N) is 1. The fourth-order valence-corrected chi connectivity index (χ4v) is 3.08. The molecule has 0 radical (unpaired) electrons. The van der Waals surface area contributed by atoms with Gasteiger partial charge >= 0.3 is 5.69 Å². The highest BCUT2D eigenvalue weighted by atomic mass is 16.6. The predicted octanol–water partition coefficient (Wildman–Crippen LogP) is 2.03. The van der Waals surface area contributed by atoms with Crippen LogP contribution in [0.3, 0.4) is 0 Å². The van der Waals surface area contributed by atoms with E-state index < -0.39 is 4.92 Å². The fourth-order valence-electron chi connectivity index (χ4n) is 3.08. The maximum Gasteiger partial charge on any atom is 0.310 e. The third-order valence-electron chi connectivity index (χ3n) is 4.12. The van der Waals surface area contributed by atoms with Crippen molar-refractivity contribution in [1.29, 1.82) is 5.26 Å². The SMILES string of the molecule is CN(c1cccc(C#N)c1[N+](=O)[O-])C1CCCC1CN. The molecule has 6 heteroatoms. The van der Waals surface area contributed by atoms with Crippen LogP contribution < -0.4 is 10.6 Å². The number of anilines is 1. The van der Waals surface area contributed by atoms with Crippen molar-refractivity contribution in [3.8, 4) is 6.07 Å². The lowest BCUT2D eigenvalue weighted by molar-refractivity contribution is -0.384. The first-order valence-corrected chi connectivity index (χ1v) is 6.70. The normalized spacial score (nSPS) is 21.4. The maximum atomic E-state index is 11.3. The van der Waals surface area contributed by atoms with Gasteiger partial charge in [-0.05, 0) is 37.4 Å². The first-order chi connectivity index (χ1) is 9.60. The average molecular weight is 274 g/mol. The molecular weight excluding hydrogens is 256 g/mol. The average Bonchev–Trinajstić information content (AvgIpc) is 2.93. The van der Waals surface area contributed by atoms with Gasteiger partial charge in [0.05, 0.1) is 4.92 Å². The minimum absolute atomic E-state index is 0.0987. The number of nitro benzene ring substituents is 1. The van der Waals surface area contributed by atoms with Crippen molar-refractivity contribution >= 4 is 11.4 Å². The quantitative estimate of drug-likeness (QED) is 0.669. The molecule has 0 spiro atoms. The first-order valence-electron chi connectivity index (χ1n) is 6.70. The standard InChI is InChI=1S/C14H18N4O2/c1-17(12-6-2-4-10(12)8-15)13-7-3-5-11(9-16)14(13)18(19)20/h3,5,7,10,12H,2,4,6,8,15H2,1H3. The second-order valence-electron chi connectivity index (χ2n) is 5.15. The highest BCUT2D eigenvalue weighted by Crippen LogP contribution is 2.37. The topological polar surface area (TPSA) is 96.2 Å². The molecule has 1 fully saturated rings. The molecule has 1 aromatic carbocycles. The molecule has 0 amide bonds. The Labute approximate surface area is 117 Å². The van der Waals surface area contributed by atoms with Crippen molar-refractivity contribution in [3.63, 3.8) is 0 Å². The van der Waals surface area contributed by atoms with Crippen molar-refractivity contribution in [1.82, 2.24) is 0 Å². The smallest absolute Gasteiger partial charge is 0.310 e. The van der Waals surface area contributed by atoms with Crippen LogP contribution in [0.2, 0.25) is 0 Å². The van der Waals surface area contributed by atoms with E-state index in [1.165, 1.54) is 6.07 Å². The number of hydrogen-bond acceptors (Lipinski definition) is 5. The minimum Gasteiger partial charge on any atom is -0.366 e. The second kappa shape index (κ2) is 5.88. The molecule has 0 aromatic heterocycles. The molecule has 2 rings (SSSR count). The summed E-state index contributed by atoms with van der Waals surface area (Å²) in [5, 5.41) is 20.3. The van der Waals surface area contributed by atoms with Crippen LogP contribution in [0.5, 0.6) is 0 Å². The zero-order chi connectivity index (χ0) is 14.7. The lowest BCUT2D eigenvalue weighted by Gasteiger charge is -2.30. The Morgan fingerprint density at radius 1 is 1.55 bits per heavy atom. The highest BCUT2D eigenvalue weighted by Gasteiger charge is 2.33. The Hall–Kier alpha value is -2.13. The van der Waals surface area contributed by atoms with E-state index in [9.17, 15) is 10.1 Å². The third-order valence-corrected chi connectivity index (χ3v) is 4.12. The van der Waals surface area contributed by atoms with Gasteiger partial charge in [-0.1, -0.05) is 12.5 Å². The second-order valence-corrected chi connectivity index (χ2v) is 5.15. The fraction of sp³-hybridized carbons (Fsp3) is 0.500. The molecule has 6 nitrogen and oxygen atoms in total. The van der Waals surface area contributed by atoms with Crippen molar-refractivity contribution < 1.29 is 4.92 Å². The van der Waals surface area contributed by atoms with Gasteiger partial charge in [-0.15, -0.1) is 0 Å². The molecule has 1 aliphatic rings. The molecule has 2 atom stereocenters.